The van der Waals surface area contributed by atoms with Gasteiger partial charge in [-0.25, -0.2) is 14.6 Å². The van der Waals surface area contributed by atoms with Gasteiger partial charge in [0.2, 0.25) is 0 Å². The molecule has 2 aromatic rings. The molecule has 7 nitrogen and oxygen atoms in total. The molecule has 0 radical (unpaired) electrons. The van der Waals surface area contributed by atoms with E-state index in [4.69, 9.17) is 4.74 Å². The van der Waals surface area contributed by atoms with E-state index in [-0.39, 0.29) is 21.5 Å². The highest BCUT2D eigenvalue weighted by Gasteiger charge is 2.24. The summed E-state index contributed by atoms with van der Waals surface area (Å²) in [6, 6.07) is 5.25. The number of aromatic nitrogens is 2. The van der Waals surface area contributed by atoms with Crippen molar-refractivity contribution in [3.05, 3.63) is 39.8 Å². The summed E-state index contributed by atoms with van der Waals surface area (Å²) >= 11 is 0.922. The molecule has 0 unspecified atom stereocenters. The molecule has 0 atom stereocenters. The van der Waals surface area contributed by atoms with Crippen molar-refractivity contribution in [3.8, 4) is 5.88 Å². The first-order valence-electron chi connectivity index (χ1n) is 6.68. The molecule has 23 heavy (non-hydrogen) atoms. The van der Waals surface area contributed by atoms with E-state index in [1.54, 1.807) is 37.5 Å². The summed E-state index contributed by atoms with van der Waals surface area (Å²) in [6.07, 6.45) is 4.32. The van der Waals surface area contributed by atoms with Gasteiger partial charge in [0, 0.05) is 28.6 Å². The second-order valence-electron chi connectivity index (χ2n) is 4.21. The lowest BCUT2D eigenvalue weighted by Crippen LogP contribution is -2.41. The lowest BCUT2D eigenvalue weighted by Gasteiger charge is -2.00. The fraction of sp³-hybridized carbons (Fsp3) is 0.200. The molecule has 2 heterocycles. The summed E-state index contributed by atoms with van der Waals surface area (Å²) in [6.45, 7) is 1.87. The van der Waals surface area contributed by atoms with Gasteiger partial charge in [-0.1, -0.05) is 6.07 Å². The normalized spacial score (nSPS) is 12.7. The van der Waals surface area contributed by atoms with Crippen LogP contribution >= 0.6 is 11.3 Å². The first kappa shape index (κ1) is 16.6. The van der Waals surface area contributed by atoms with Crippen LogP contribution in [0.1, 0.15) is 6.92 Å². The van der Waals surface area contributed by atoms with Gasteiger partial charge in [-0.15, -0.1) is 11.3 Å². The van der Waals surface area contributed by atoms with Crippen LogP contribution in [0.2, 0.25) is 0 Å². The van der Waals surface area contributed by atoms with Gasteiger partial charge in [0.05, 0.1) is 13.7 Å². The number of hydrogen-bond acceptors (Lipinski definition) is 7. The molecule has 0 aliphatic carbocycles. The third-order valence-corrected chi connectivity index (χ3v) is 3.71. The van der Waals surface area contributed by atoms with Crippen LogP contribution in [0.25, 0.3) is 11.8 Å². The second kappa shape index (κ2) is 7.50. The summed E-state index contributed by atoms with van der Waals surface area (Å²) in [5.41, 5.74) is 0.110. The minimum atomic E-state index is -0.664. The predicted octanol–water partition coefficient (Wildman–Crippen LogP) is -1.32. The highest BCUT2D eigenvalue weighted by molar-refractivity contribution is 7.08. The first-order chi connectivity index (χ1) is 11.1. The van der Waals surface area contributed by atoms with Crippen molar-refractivity contribution in [2.24, 2.45) is 0 Å². The molecule has 0 spiro atoms. The number of methoxy groups -OCH3 is 1. The number of esters is 2. The van der Waals surface area contributed by atoms with Crippen molar-refractivity contribution >= 4 is 35.0 Å². The molecule has 2 rings (SSSR count). The van der Waals surface area contributed by atoms with Crippen molar-refractivity contribution in [2.75, 3.05) is 13.7 Å². The van der Waals surface area contributed by atoms with Crippen LogP contribution in [0.3, 0.4) is 0 Å². The molecule has 0 bridgehead atoms. The molecule has 8 heteroatoms. The van der Waals surface area contributed by atoms with Crippen LogP contribution in [-0.4, -0.2) is 30.6 Å². The van der Waals surface area contributed by atoms with E-state index in [0.29, 0.717) is 0 Å². The average molecular weight is 334 g/mol. The number of hydrogen-bond donors (Lipinski definition) is 0. The molecule has 0 saturated heterocycles. The number of ether oxygens (including phenoxy) is 2. The fourth-order valence-corrected chi connectivity index (χ4v) is 2.64. The zero-order chi connectivity index (χ0) is 16.8. The summed E-state index contributed by atoms with van der Waals surface area (Å²) < 4.78 is 11.3. The van der Waals surface area contributed by atoms with Crippen molar-refractivity contribution in [3.63, 3.8) is 0 Å². The Morgan fingerprint density at radius 1 is 1.35 bits per heavy atom. The van der Waals surface area contributed by atoms with Gasteiger partial charge < -0.3 is 14.6 Å². The van der Waals surface area contributed by atoms with E-state index in [1.807, 2.05) is 0 Å². The van der Waals surface area contributed by atoms with Gasteiger partial charge in [-0.2, -0.15) is 4.57 Å². The van der Waals surface area contributed by atoms with Crippen LogP contribution < -0.4 is 18.9 Å². The van der Waals surface area contributed by atoms with Crippen LogP contribution in [0.4, 0.5) is 0 Å². The SMILES string of the molecule is CCOC(=O)/C(=c1\nc([O-])/c(=C/C(=O)OC)s1)[n+]1ccccc1. The van der Waals surface area contributed by atoms with Crippen LogP contribution in [-0.2, 0) is 19.1 Å². The third-order valence-electron chi connectivity index (χ3n) is 2.72. The highest BCUT2D eigenvalue weighted by atomic mass is 32.1. The number of nitrogens with zero attached hydrogens (tertiary/aromatic N) is 2. The van der Waals surface area contributed by atoms with E-state index < -0.39 is 17.8 Å². The molecule has 0 saturated carbocycles. The monoisotopic (exact) mass is 334 g/mol. The number of pyridine rings is 1. The number of thiazole rings is 1. The average Bonchev–Trinajstić information content (AvgIpc) is 2.89. The highest BCUT2D eigenvalue weighted by Crippen LogP contribution is 1.98. The molecular formula is C15H14N2O5S. The number of carbonyl (C=O) groups is 2. The zero-order valence-electron chi connectivity index (χ0n) is 12.5. The maximum Gasteiger partial charge on any atom is 0.407 e. The Labute approximate surface area is 135 Å². The molecule has 0 aromatic carbocycles. The van der Waals surface area contributed by atoms with Gasteiger partial charge in [-0.3, -0.25) is 0 Å². The van der Waals surface area contributed by atoms with Crippen molar-refractivity contribution < 1.29 is 28.7 Å². The Bertz CT molecular complexity index is 829. The molecule has 0 aliphatic rings. The molecule has 0 fully saturated rings. The lowest BCUT2D eigenvalue weighted by atomic mass is 10.4. The van der Waals surface area contributed by atoms with Crippen molar-refractivity contribution in [1.82, 2.24) is 4.98 Å². The Kier molecular flexibility index (Phi) is 5.42. The minimum Gasteiger partial charge on any atom is -0.858 e. The van der Waals surface area contributed by atoms with Gasteiger partial charge in [0.25, 0.3) is 0 Å². The fourth-order valence-electron chi connectivity index (χ4n) is 1.73. The maximum absolute atomic E-state index is 12.2. The maximum atomic E-state index is 12.2. The number of rotatable bonds is 4. The van der Waals surface area contributed by atoms with Crippen LogP contribution in [0.5, 0.6) is 5.88 Å². The van der Waals surface area contributed by atoms with E-state index in [9.17, 15) is 14.7 Å². The third kappa shape index (κ3) is 3.92. The van der Waals surface area contributed by atoms with E-state index in [1.165, 1.54) is 11.7 Å². The molecule has 120 valence electrons. The van der Waals surface area contributed by atoms with Crippen molar-refractivity contribution in [2.45, 2.75) is 6.92 Å². The summed E-state index contributed by atoms with van der Waals surface area (Å²) in [5, 5.41) is 11.9. The molecule has 0 aliphatic heterocycles. The molecule has 2 aromatic heterocycles. The topological polar surface area (TPSA) is 92.4 Å². The Balaban J connectivity index is 2.70. The van der Waals surface area contributed by atoms with E-state index in [2.05, 4.69) is 9.72 Å². The standard InChI is InChI=1S/C15H14N2O5S/c1-3-22-15(20)12(17-7-5-4-6-8-17)14-16-13(19)10(23-14)9-11(18)21-2/h4-9H,3H2,1-2H3/b10-9-. The zero-order valence-corrected chi connectivity index (χ0v) is 13.3. The van der Waals surface area contributed by atoms with Gasteiger partial charge in [-0.05, 0) is 6.92 Å². The Hall–Kier alpha value is -2.74. The summed E-state index contributed by atoms with van der Waals surface area (Å²) in [7, 11) is 1.21. The Morgan fingerprint density at radius 2 is 2.04 bits per heavy atom. The first-order valence-corrected chi connectivity index (χ1v) is 7.50. The predicted molar refractivity (Wildman–Crippen MR) is 79.4 cm³/mol. The molecular weight excluding hydrogens is 320 g/mol. The lowest BCUT2D eigenvalue weighted by molar-refractivity contribution is -0.579. The van der Waals surface area contributed by atoms with Gasteiger partial charge in [0.15, 0.2) is 17.1 Å². The smallest absolute Gasteiger partial charge is 0.407 e. The van der Waals surface area contributed by atoms with Crippen molar-refractivity contribution in [1.29, 1.82) is 0 Å². The number of carbonyl (C=O) groups excluding carboxylic acids is 2. The van der Waals surface area contributed by atoms with E-state index in [0.717, 1.165) is 17.4 Å². The Morgan fingerprint density at radius 3 is 2.65 bits per heavy atom. The molecule has 0 N–H and O–H groups in total. The van der Waals surface area contributed by atoms with Crippen LogP contribution in [0.15, 0.2) is 30.6 Å². The molecule has 0 amide bonds. The summed E-state index contributed by atoms with van der Waals surface area (Å²) in [5.74, 6) is -1.88. The minimum absolute atomic E-state index is 0.0881. The quantitative estimate of drug-likeness (QED) is 0.508. The van der Waals surface area contributed by atoms with Gasteiger partial charge in [0.1, 0.15) is 0 Å². The largest absolute Gasteiger partial charge is 0.858 e. The summed E-state index contributed by atoms with van der Waals surface area (Å²) in [4.78, 5) is 27.3. The van der Waals surface area contributed by atoms with Crippen LogP contribution in [0, 0.1) is 0 Å². The second-order valence-corrected chi connectivity index (χ2v) is 5.24. The van der Waals surface area contributed by atoms with E-state index >= 15 is 0 Å². The van der Waals surface area contributed by atoms with Gasteiger partial charge >= 0.3 is 17.6 Å².